The van der Waals surface area contributed by atoms with Crippen LogP contribution in [0.5, 0.6) is 5.75 Å². The highest BCUT2D eigenvalue weighted by molar-refractivity contribution is 8.00. The lowest BCUT2D eigenvalue weighted by Crippen LogP contribution is -2.02. The van der Waals surface area contributed by atoms with E-state index < -0.39 is 6.61 Å². The zero-order valence-corrected chi connectivity index (χ0v) is 15.8. The SMILES string of the molecule is CCSNc1ccc2c(C#N)c(-c3ccc(OC(F)F)cc3)n(CC)c2c1. The zero-order valence-electron chi connectivity index (χ0n) is 15.0. The monoisotopic (exact) mass is 387 g/mol. The summed E-state index contributed by atoms with van der Waals surface area (Å²) in [6.45, 7) is 1.89. The second-order valence-corrected chi connectivity index (χ2v) is 6.82. The number of halogens is 2. The van der Waals surface area contributed by atoms with Crippen molar-refractivity contribution in [3.05, 3.63) is 48.0 Å². The smallest absolute Gasteiger partial charge is 0.387 e. The standard InChI is InChI=1S/C20H19F2N3OS/c1-3-25-18-11-14(24-27-4-2)7-10-16(18)17(12-23)19(25)13-5-8-15(9-6-13)26-20(21)22/h5-11,20,24H,3-4H2,1-2H3. The third-order valence-electron chi connectivity index (χ3n) is 4.18. The Hall–Kier alpha value is -2.72. The first-order valence-corrected chi connectivity index (χ1v) is 9.57. The number of anilines is 1. The van der Waals surface area contributed by atoms with Crippen LogP contribution >= 0.6 is 11.9 Å². The third kappa shape index (κ3) is 3.86. The Kier molecular flexibility index (Phi) is 5.87. The average Bonchev–Trinajstić information content (AvgIpc) is 2.99. The van der Waals surface area contributed by atoms with Gasteiger partial charge >= 0.3 is 6.61 Å². The van der Waals surface area contributed by atoms with Crippen LogP contribution in [-0.2, 0) is 6.54 Å². The maximum atomic E-state index is 12.4. The molecular weight excluding hydrogens is 368 g/mol. The summed E-state index contributed by atoms with van der Waals surface area (Å²) in [6, 6.07) is 14.6. The van der Waals surface area contributed by atoms with Crippen molar-refractivity contribution < 1.29 is 13.5 Å². The summed E-state index contributed by atoms with van der Waals surface area (Å²) >= 11 is 1.60. The van der Waals surface area contributed by atoms with Gasteiger partial charge in [0.2, 0.25) is 0 Å². The summed E-state index contributed by atoms with van der Waals surface area (Å²) in [6.07, 6.45) is 0. The normalized spacial score (nSPS) is 11.0. The lowest BCUT2D eigenvalue weighted by atomic mass is 10.1. The largest absolute Gasteiger partial charge is 0.435 e. The van der Waals surface area contributed by atoms with Crippen LogP contribution in [0.1, 0.15) is 19.4 Å². The van der Waals surface area contributed by atoms with Gasteiger partial charge in [0, 0.05) is 23.4 Å². The van der Waals surface area contributed by atoms with Gasteiger partial charge in [0.1, 0.15) is 11.8 Å². The minimum absolute atomic E-state index is 0.0921. The molecule has 0 amide bonds. The lowest BCUT2D eigenvalue weighted by molar-refractivity contribution is -0.0498. The van der Waals surface area contributed by atoms with Crippen LogP contribution in [0.3, 0.4) is 0 Å². The molecule has 0 unspecified atom stereocenters. The van der Waals surface area contributed by atoms with E-state index in [4.69, 9.17) is 0 Å². The van der Waals surface area contributed by atoms with Crippen LogP contribution in [0.25, 0.3) is 22.2 Å². The van der Waals surface area contributed by atoms with Gasteiger partial charge in [0.25, 0.3) is 0 Å². The average molecular weight is 387 g/mol. The maximum Gasteiger partial charge on any atom is 0.387 e. The molecule has 4 nitrogen and oxygen atoms in total. The van der Waals surface area contributed by atoms with Crippen molar-refractivity contribution in [1.29, 1.82) is 5.26 Å². The lowest BCUT2D eigenvalue weighted by Gasteiger charge is -2.10. The summed E-state index contributed by atoms with van der Waals surface area (Å²) in [5.74, 6) is 1.03. The number of nitriles is 1. The van der Waals surface area contributed by atoms with Gasteiger partial charge in [-0.15, -0.1) is 0 Å². The molecule has 3 aromatic rings. The van der Waals surface area contributed by atoms with E-state index >= 15 is 0 Å². The molecule has 7 heteroatoms. The van der Waals surface area contributed by atoms with Crippen LogP contribution in [0.15, 0.2) is 42.5 Å². The van der Waals surface area contributed by atoms with Crippen molar-refractivity contribution >= 4 is 28.5 Å². The van der Waals surface area contributed by atoms with Gasteiger partial charge in [-0.05, 0) is 55.0 Å². The first-order valence-electron chi connectivity index (χ1n) is 8.58. The van der Waals surface area contributed by atoms with Gasteiger partial charge in [0.15, 0.2) is 0 Å². The number of ether oxygens (including phenoxy) is 1. The van der Waals surface area contributed by atoms with Gasteiger partial charge in [-0.2, -0.15) is 14.0 Å². The minimum Gasteiger partial charge on any atom is -0.435 e. The molecule has 0 bridgehead atoms. The summed E-state index contributed by atoms with van der Waals surface area (Å²) in [4.78, 5) is 0. The van der Waals surface area contributed by atoms with E-state index in [9.17, 15) is 14.0 Å². The van der Waals surface area contributed by atoms with Gasteiger partial charge in [-0.1, -0.05) is 18.9 Å². The van der Waals surface area contributed by atoms with Gasteiger partial charge in [-0.3, -0.25) is 0 Å². The Morgan fingerprint density at radius 2 is 1.93 bits per heavy atom. The number of nitrogens with one attached hydrogen (secondary N) is 1. The summed E-state index contributed by atoms with van der Waals surface area (Å²) in [7, 11) is 0. The number of nitrogens with zero attached hydrogens (tertiary/aromatic N) is 2. The van der Waals surface area contributed by atoms with Crippen LogP contribution in [0.2, 0.25) is 0 Å². The number of fused-ring (bicyclic) bond motifs is 1. The van der Waals surface area contributed by atoms with Gasteiger partial charge in [-0.25, -0.2) is 0 Å². The van der Waals surface area contributed by atoms with Crippen LogP contribution in [0.4, 0.5) is 14.5 Å². The Morgan fingerprint density at radius 3 is 2.52 bits per heavy atom. The Bertz CT molecular complexity index is 978. The van der Waals surface area contributed by atoms with Crippen LogP contribution in [0, 0.1) is 11.3 Å². The number of aryl methyl sites for hydroxylation is 1. The second-order valence-electron chi connectivity index (χ2n) is 5.75. The summed E-state index contributed by atoms with van der Waals surface area (Å²) < 4.78 is 34.5. The molecule has 1 aromatic heterocycles. The van der Waals surface area contributed by atoms with Crippen molar-refractivity contribution in [2.24, 2.45) is 0 Å². The molecule has 3 rings (SSSR count). The van der Waals surface area contributed by atoms with E-state index in [1.807, 2.05) is 25.1 Å². The van der Waals surface area contributed by atoms with E-state index in [1.165, 1.54) is 12.1 Å². The van der Waals surface area contributed by atoms with Crippen molar-refractivity contribution in [3.8, 4) is 23.1 Å². The molecule has 0 spiro atoms. The fourth-order valence-electron chi connectivity index (χ4n) is 3.10. The summed E-state index contributed by atoms with van der Waals surface area (Å²) in [5, 5.41) is 10.6. The van der Waals surface area contributed by atoms with E-state index in [0.29, 0.717) is 12.1 Å². The molecule has 0 radical (unpaired) electrons. The molecule has 1 N–H and O–H groups in total. The molecule has 0 saturated carbocycles. The molecule has 0 saturated heterocycles. The van der Waals surface area contributed by atoms with Crippen LogP contribution < -0.4 is 9.46 Å². The highest BCUT2D eigenvalue weighted by atomic mass is 32.2. The van der Waals surface area contributed by atoms with Gasteiger partial charge in [0.05, 0.1) is 16.8 Å². The van der Waals surface area contributed by atoms with Crippen LogP contribution in [-0.4, -0.2) is 16.9 Å². The first-order chi connectivity index (χ1) is 13.1. The topological polar surface area (TPSA) is 50.0 Å². The fraction of sp³-hybridized carbons (Fsp3) is 0.250. The summed E-state index contributed by atoms with van der Waals surface area (Å²) in [5.41, 5.74) is 4.06. The van der Waals surface area contributed by atoms with Crippen molar-refractivity contribution in [2.45, 2.75) is 27.0 Å². The number of alkyl halides is 2. The number of hydrogen-bond donors (Lipinski definition) is 1. The molecule has 0 aliphatic heterocycles. The number of aromatic nitrogens is 1. The second kappa shape index (κ2) is 8.31. The fourth-order valence-corrected chi connectivity index (χ4v) is 3.54. The number of rotatable bonds is 7. The number of hydrogen-bond acceptors (Lipinski definition) is 4. The van der Waals surface area contributed by atoms with Crippen molar-refractivity contribution in [3.63, 3.8) is 0 Å². The Balaban J connectivity index is 2.12. The van der Waals surface area contributed by atoms with E-state index in [1.54, 1.807) is 24.1 Å². The maximum absolute atomic E-state index is 12.4. The van der Waals surface area contributed by atoms with Gasteiger partial charge < -0.3 is 14.0 Å². The van der Waals surface area contributed by atoms with Crippen molar-refractivity contribution in [1.82, 2.24) is 4.57 Å². The number of benzene rings is 2. The Morgan fingerprint density at radius 1 is 1.19 bits per heavy atom. The molecule has 140 valence electrons. The molecule has 0 aliphatic carbocycles. The van der Waals surface area contributed by atoms with E-state index in [0.717, 1.165) is 33.6 Å². The molecule has 0 fully saturated rings. The highest BCUT2D eigenvalue weighted by Gasteiger charge is 2.18. The quantitative estimate of drug-likeness (QED) is 0.514. The highest BCUT2D eigenvalue weighted by Crippen LogP contribution is 2.35. The molecular formula is C20H19F2N3OS. The first kappa shape index (κ1) is 19.1. The third-order valence-corrected chi connectivity index (χ3v) is 4.85. The van der Waals surface area contributed by atoms with E-state index in [2.05, 4.69) is 27.0 Å². The molecule has 0 aliphatic rings. The minimum atomic E-state index is -2.86. The van der Waals surface area contributed by atoms with Crippen molar-refractivity contribution in [2.75, 3.05) is 10.5 Å². The molecule has 2 aromatic carbocycles. The molecule has 1 heterocycles. The molecule has 27 heavy (non-hydrogen) atoms. The molecule has 0 atom stereocenters. The van der Waals surface area contributed by atoms with E-state index in [-0.39, 0.29) is 5.75 Å². The zero-order chi connectivity index (χ0) is 19.4. The Labute approximate surface area is 160 Å². The predicted octanol–water partition coefficient (Wildman–Crippen LogP) is 5.88. The predicted molar refractivity (Wildman–Crippen MR) is 106 cm³/mol.